The lowest BCUT2D eigenvalue weighted by Gasteiger charge is -2.38. The van der Waals surface area contributed by atoms with Crippen LogP contribution in [-0.4, -0.2) is 19.1 Å². The molecule has 1 saturated heterocycles. The topological polar surface area (TPSA) is 29.3 Å². The molecule has 2 atom stereocenters. The lowest BCUT2D eigenvalue weighted by Crippen LogP contribution is -2.46. The zero-order valence-corrected chi connectivity index (χ0v) is 13.9. The zero-order chi connectivity index (χ0) is 14.8. The smallest absolute Gasteiger partial charge is 0.0511 e. The van der Waals surface area contributed by atoms with Crippen molar-refractivity contribution in [2.75, 3.05) is 18.0 Å². The van der Waals surface area contributed by atoms with Crippen LogP contribution in [0.15, 0.2) is 53.0 Å². The number of nitrogens with zero attached hydrogens (tertiary/aromatic N) is 1. The van der Waals surface area contributed by atoms with Crippen LogP contribution < -0.4 is 10.6 Å². The Morgan fingerprint density at radius 1 is 1.05 bits per heavy atom. The van der Waals surface area contributed by atoms with Gasteiger partial charge in [0.25, 0.3) is 0 Å². The van der Waals surface area contributed by atoms with Gasteiger partial charge < -0.3 is 10.6 Å². The van der Waals surface area contributed by atoms with Crippen LogP contribution in [0.3, 0.4) is 0 Å². The van der Waals surface area contributed by atoms with Crippen LogP contribution in [0.1, 0.15) is 23.5 Å². The van der Waals surface area contributed by atoms with E-state index >= 15 is 0 Å². The minimum atomic E-state index is 0.220. The molecule has 1 heterocycles. The van der Waals surface area contributed by atoms with E-state index in [0.29, 0.717) is 5.92 Å². The fraction of sp³-hybridized carbons (Fsp3) is 0.333. The van der Waals surface area contributed by atoms with Gasteiger partial charge in [-0.1, -0.05) is 42.0 Å². The molecule has 2 aromatic rings. The second-order valence-corrected chi connectivity index (χ2v) is 6.81. The molecule has 0 bridgehead atoms. The van der Waals surface area contributed by atoms with Crippen molar-refractivity contribution in [3.05, 3.63) is 64.1 Å². The van der Waals surface area contributed by atoms with Crippen molar-refractivity contribution in [3.8, 4) is 0 Å². The second-order valence-electron chi connectivity index (χ2n) is 5.96. The maximum atomic E-state index is 6.31. The number of aryl methyl sites for hydroxylation is 1. The first-order chi connectivity index (χ1) is 10.1. The normalized spacial score (nSPS) is 22.3. The fourth-order valence-corrected chi connectivity index (χ4v) is 3.66. The number of halogens is 1. The average molecular weight is 345 g/mol. The molecule has 110 valence electrons. The molecule has 1 aliphatic heterocycles. The molecular weight excluding hydrogens is 324 g/mol. The molecule has 0 spiro atoms. The Labute approximate surface area is 135 Å². The van der Waals surface area contributed by atoms with E-state index in [-0.39, 0.29) is 6.04 Å². The first kappa shape index (κ1) is 14.6. The highest BCUT2D eigenvalue weighted by Gasteiger charge is 2.27. The van der Waals surface area contributed by atoms with Crippen molar-refractivity contribution in [1.82, 2.24) is 0 Å². The van der Waals surface area contributed by atoms with Crippen LogP contribution in [-0.2, 0) is 0 Å². The quantitative estimate of drug-likeness (QED) is 0.889. The molecule has 2 nitrogen and oxygen atoms in total. The Hall–Kier alpha value is -1.32. The zero-order valence-electron chi connectivity index (χ0n) is 12.3. The molecule has 0 radical (unpaired) electrons. The Morgan fingerprint density at radius 2 is 1.76 bits per heavy atom. The summed E-state index contributed by atoms with van der Waals surface area (Å²) < 4.78 is 1.14. The van der Waals surface area contributed by atoms with Gasteiger partial charge in [-0.2, -0.15) is 0 Å². The summed E-state index contributed by atoms with van der Waals surface area (Å²) in [4.78, 5) is 2.41. The Balaban J connectivity index is 1.85. The molecule has 2 unspecified atom stereocenters. The first-order valence-corrected chi connectivity index (χ1v) is 8.24. The van der Waals surface area contributed by atoms with E-state index in [1.165, 1.54) is 16.8 Å². The summed E-state index contributed by atoms with van der Waals surface area (Å²) in [5.41, 5.74) is 10.3. The number of anilines is 1. The third-order valence-corrected chi connectivity index (χ3v) is 4.90. The molecule has 3 heteroatoms. The average Bonchev–Trinajstić information content (AvgIpc) is 2.48. The maximum absolute atomic E-state index is 6.31. The van der Waals surface area contributed by atoms with Gasteiger partial charge in [-0.25, -0.2) is 0 Å². The van der Waals surface area contributed by atoms with Crippen LogP contribution in [0, 0.1) is 6.92 Å². The molecule has 0 aromatic heterocycles. The van der Waals surface area contributed by atoms with Crippen molar-refractivity contribution in [2.24, 2.45) is 5.73 Å². The van der Waals surface area contributed by atoms with E-state index in [1.807, 2.05) is 0 Å². The van der Waals surface area contributed by atoms with Crippen molar-refractivity contribution in [3.63, 3.8) is 0 Å². The van der Waals surface area contributed by atoms with Crippen molar-refractivity contribution < 1.29 is 0 Å². The third-order valence-electron chi connectivity index (χ3n) is 4.22. The summed E-state index contributed by atoms with van der Waals surface area (Å²) in [7, 11) is 0. The van der Waals surface area contributed by atoms with Crippen LogP contribution in [0.2, 0.25) is 0 Å². The SMILES string of the molecule is Cc1ccc(C2CC(N)CN(c3ccccc3Br)C2)cc1. The largest absolute Gasteiger partial charge is 0.368 e. The van der Waals surface area contributed by atoms with Crippen LogP contribution >= 0.6 is 15.9 Å². The van der Waals surface area contributed by atoms with Gasteiger partial charge in [-0.05, 0) is 47.0 Å². The number of hydrogen-bond acceptors (Lipinski definition) is 2. The first-order valence-electron chi connectivity index (χ1n) is 7.45. The Kier molecular flexibility index (Phi) is 4.32. The molecule has 21 heavy (non-hydrogen) atoms. The van der Waals surface area contributed by atoms with E-state index in [9.17, 15) is 0 Å². The molecule has 2 N–H and O–H groups in total. The van der Waals surface area contributed by atoms with Crippen LogP contribution in [0.4, 0.5) is 5.69 Å². The number of piperidine rings is 1. The molecule has 2 aromatic carbocycles. The molecule has 1 fully saturated rings. The second kappa shape index (κ2) is 6.20. The fourth-order valence-electron chi connectivity index (χ4n) is 3.12. The van der Waals surface area contributed by atoms with Gasteiger partial charge in [0.05, 0.1) is 5.69 Å². The van der Waals surface area contributed by atoms with E-state index in [4.69, 9.17) is 5.73 Å². The highest BCUT2D eigenvalue weighted by Crippen LogP contribution is 2.33. The third kappa shape index (κ3) is 3.30. The minimum Gasteiger partial charge on any atom is -0.368 e. The number of para-hydroxylation sites is 1. The van der Waals surface area contributed by atoms with E-state index in [2.05, 4.69) is 76.3 Å². The summed E-state index contributed by atoms with van der Waals surface area (Å²) in [6.07, 6.45) is 1.06. The van der Waals surface area contributed by atoms with Crippen LogP contribution in [0.5, 0.6) is 0 Å². The van der Waals surface area contributed by atoms with Gasteiger partial charge in [0.1, 0.15) is 0 Å². The van der Waals surface area contributed by atoms with Gasteiger partial charge >= 0.3 is 0 Å². The Bertz CT molecular complexity index is 609. The molecule has 0 saturated carbocycles. The van der Waals surface area contributed by atoms with Gasteiger partial charge in [-0.15, -0.1) is 0 Å². The summed E-state index contributed by atoms with van der Waals surface area (Å²) in [5.74, 6) is 0.501. The van der Waals surface area contributed by atoms with Crippen molar-refractivity contribution in [2.45, 2.75) is 25.3 Å². The number of rotatable bonds is 2. The van der Waals surface area contributed by atoms with Gasteiger partial charge in [-0.3, -0.25) is 0 Å². The standard InChI is InChI=1S/C18H21BrN2/c1-13-6-8-14(9-7-13)15-10-16(20)12-21(11-15)18-5-3-2-4-17(18)19/h2-9,15-16H,10-12,20H2,1H3. The number of nitrogens with two attached hydrogens (primary N) is 1. The van der Waals surface area contributed by atoms with Crippen LogP contribution in [0.25, 0.3) is 0 Å². The Morgan fingerprint density at radius 3 is 2.48 bits per heavy atom. The molecular formula is C18H21BrN2. The number of hydrogen-bond donors (Lipinski definition) is 1. The minimum absolute atomic E-state index is 0.220. The lowest BCUT2D eigenvalue weighted by molar-refractivity contribution is 0.453. The molecule has 1 aliphatic rings. The molecule has 3 rings (SSSR count). The van der Waals surface area contributed by atoms with E-state index < -0.39 is 0 Å². The summed E-state index contributed by atoms with van der Waals surface area (Å²) in [5, 5.41) is 0. The summed E-state index contributed by atoms with van der Waals surface area (Å²) >= 11 is 3.65. The molecule has 0 aliphatic carbocycles. The van der Waals surface area contributed by atoms with Gasteiger partial charge in [0, 0.05) is 29.5 Å². The molecule has 0 amide bonds. The van der Waals surface area contributed by atoms with Crippen molar-refractivity contribution >= 4 is 21.6 Å². The van der Waals surface area contributed by atoms with Crippen molar-refractivity contribution in [1.29, 1.82) is 0 Å². The summed E-state index contributed by atoms with van der Waals surface area (Å²) in [6.45, 7) is 4.08. The predicted molar refractivity (Wildman–Crippen MR) is 92.9 cm³/mol. The van der Waals surface area contributed by atoms with Gasteiger partial charge in [0.15, 0.2) is 0 Å². The highest BCUT2D eigenvalue weighted by atomic mass is 79.9. The maximum Gasteiger partial charge on any atom is 0.0511 e. The monoisotopic (exact) mass is 344 g/mol. The number of benzene rings is 2. The van der Waals surface area contributed by atoms with E-state index in [1.54, 1.807) is 0 Å². The lowest BCUT2D eigenvalue weighted by atomic mass is 9.88. The summed E-state index contributed by atoms with van der Waals surface area (Å²) in [6, 6.07) is 17.5. The van der Waals surface area contributed by atoms with E-state index in [0.717, 1.165) is 24.0 Å². The van der Waals surface area contributed by atoms with Gasteiger partial charge in [0.2, 0.25) is 0 Å². The predicted octanol–water partition coefficient (Wildman–Crippen LogP) is 4.08. The highest BCUT2D eigenvalue weighted by molar-refractivity contribution is 9.10.